The van der Waals surface area contributed by atoms with E-state index in [2.05, 4.69) is 4.98 Å². The fourth-order valence-electron chi connectivity index (χ4n) is 0.836. The summed E-state index contributed by atoms with van der Waals surface area (Å²) in [4.78, 5) is 23.6. The summed E-state index contributed by atoms with van der Waals surface area (Å²) in [5.74, 6) is -1.37. The maximum atomic E-state index is 10.7. The molecule has 7 heteroatoms. The predicted molar refractivity (Wildman–Crippen MR) is 38.4 cm³/mol. The van der Waals surface area contributed by atoms with Crippen molar-refractivity contribution in [3.8, 4) is 0 Å². The number of aryl methyl sites for hydroxylation is 1. The van der Waals surface area contributed by atoms with E-state index in [0.717, 1.165) is 6.33 Å². The summed E-state index contributed by atoms with van der Waals surface area (Å²) in [6, 6.07) is 0. The Balaban J connectivity index is 3.31. The largest absolute Gasteiger partial charge is 0.394 e. The number of carbonyl (C=O) groups is 1. The fourth-order valence-corrected chi connectivity index (χ4v) is 0.836. The van der Waals surface area contributed by atoms with Crippen LogP contribution in [0.4, 0.5) is 5.82 Å². The second kappa shape index (κ2) is 2.61. The van der Waals surface area contributed by atoms with Gasteiger partial charge >= 0.3 is 5.82 Å². The van der Waals surface area contributed by atoms with Crippen LogP contribution in [-0.2, 0) is 7.05 Å². The minimum absolute atomic E-state index is 0.194. The number of hydrogen-bond donors (Lipinski definition) is 1. The maximum absolute atomic E-state index is 10.7. The highest BCUT2D eigenvalue weighted by Gasteiger charge is 2.23. The van der Waals surface area contributed by atoms with Gasteiger partial charge in [-0.15, -0.1) is 0 Å². The lowest BCUT2D eigenvalue weighted by molar-refractivity contribution is -0.389. The Labute approximate surface area is 67.0 Å². The van der Waals surface area contributed by atoms with Crippen LogP contribution in [0.1, 0.15) is 10.5 Å². The molecule has 1 rings (SSSR count). The SMILES string of the molecule is Cn1cnc([N+](=O)[O-])c1C(N)=O. The van der Waals surface area contributed by atoms with Crippen molar-refractivity contribution in [3.63, 3.8) is 0 Å². The van der Waals surface area contributed by atoms with Crippen molar-refractivity contribution in [2.24, 2.45) is 12.8 Å². The van der Waals surface area contributed by atoms with Gasteiger partial charge in [-0.2, -0.15) is 0 Å². The summed E-state index contributed by atoms with van der Waals surface area (Å²) in [7, 11) is 1.46. The van der Waals surface area contributed by atoms with Gasteiger partial charge < -0.3 is 20.4 Å². The highest BCUT2D eigenvalue weighted by molar-refractivity contribution is 5.94. The van der Waals surface area contributed by atoms with Crippen LogP contribution in [0.25, 0.3) is 0 Å². The van der Waals surface area contributed by atoms with Crippen LogP contribution in [-0.4, -0.2) is 20.4 Å². The molecule has 0 spiro atoms. The molecule has 7 nitrogen and oxygen atoms in total. The highest BCUT2D eigenvalue weighted by Crippen LogP contribution is 2.13. The smallest absolute Gasteiger partial charge is 0.364 e. The van der Waals surface area contributed by atoms with Crippen molar-refractivity contribution in [2.75, 3.05) is 0 Å². The Morgan fingerprint density at radius 2 is 2.42 bits per heavy atom. The van der Waals surface area contributed by atoms with E-state index in [4.69, 9.17) is 5.73 Å². The van der Waals surface area contributed by atoms with E-state index in [1.54, 1.807) is 0 Å². The first-order chi connectivity index (χ1) is 5.54. The van der Waals surface area contributed by atoms with Gasteiger partial charge in [0.15, 0.2) is 0 Å². The molecular weight excluding hydrogens is 164 g/mol. The molecule has 1 aromatic heterocycles. The number of primary amides is 1. The van der Waals surface area contributed by atoms with Crippen LogP contribution < -0.4 is 5.73 Å². The molecule has 1 aromatic rings. The average molecular weight is 170 g/mol. The summed E-state index contributed by atoms with van der Waals surface area (Å²) in [5, 5.41) is 10.3. The van der Waals surface area contributed by atoms with Crippen LogP contribution in [0.15, 0.2) is 6.33 Å². The first-order valence-corrected chi connectivity index (χ1v) is 2.99. The second-order valence-corrected chi connectivity index (χ2v) is 2.15. The molecule has 0 saturated carbocycles. The van der Waals surface area contributed by atoms with E-state index in [1.165, 1.54) is 11.6 Å². The Bertz CT molecular complexity index is 342. The van der Waals surface area contributed by atoms with E-state index in [1.807, 2.05) is 0 Å². The Kier molecular flexibility index (Phi) is 1.78. The minimum Gasteiger partial charge on any atom is -0.364 e. The molecule has 0 aliphatic rings. The number of hydrogen-bond acceptors (Lipinski definition) is 4. The number of nitrogens with zero attached hydrogens (tertiary/aromatic N) is 3. The van der Waals surface area contributed by atoms with Crippen molar-refractivity contribution >= 4 is 11.7 Å². The van der Waals surface area contributed by atoms with E-state index >= 15 is 0 Å². The lowest BCUT2D eigenvalue weighted by Gasteiger charge is -1.94. The molecule has 0 radical (unpaired) electrons. The van der Waals surface area contributed by atoms with Crippen LogP contribution in [0.5, 0.6) is 0 Å². The Morgan fingerprint density at radius 1 is 1.83 bits per heavy atom. The third-order valence-corrected chi connectivity index (χ3v) is 1.32. The topological polar surface area (TPSA) is 104 Å². The fraction of sp³-hybridized carbons (Fsp3) is 0.200. The standard InChI is InChI=1S/C5H6N4O3/c1-8-2-7-5(9(11)12)3(8)4(6)10/h2H,1H3,(H2,6,10). The molecular formula is C5H6N4O3. The quantitative estimate of drug-likeness (QED) is 0.473. The van der Waals surface area contributed by atoms with Gasteiger partial charge in [0.05, 0.1) is 0 Å². The van der Waals surface area contributed by atoms with Gasteiger partial charge in [-0.3, -0.25) is 4.79 Å². The van der Waals surface area contributed by atoms with Crippen molar-refractivity contribution in [1.29, 1.82) is 0 Å². The van der Waals surface area contributed by atoms with Crippen molar-refractivity contribution < 1.29 is 9.72 Å². The van der Waals surface area contributed by atoms with Gasteiger partial charge in [-0.05, 0) is 9.91 Å². The summed E-state index contributed by atoms with van der Waals surface area (Å²) < 4.78 is 1.21. The molecule has 0 fully saturated rings. The number of imidazole rings is 1. The zero-order valence-electron chi connectivity index (χ0n) is 6.22. The van der Waals surface area contributed by atoms with Crippen molar-refractivity contribution in [3.05, 3.63) is 22.1 Å². The van der Waals surface area contributed by atoms with E-state index in [9.17, 15) is 14.9 Å². The Morgan fingerprint density at radius 3 is 2.75 bits per heavy atom. The average Bonchev–Trinajstić information content (AvgIpc) is 2.30. The highest BCUT2D eigenvalue weighted by atomic mass is 16.6. The molecule has 12 heavy (non-hydrogen) atoms. The lowest BCUT2D eigenvalue weighted by atomic mass is 10.4. The van der Waals surface area contributed by atoms with E-state index in [-0.39, 0.29) is 5.69 Å². The van der Waals surface area contributed by atoms with Gasteiger partial charge in [0.2, 0.25) is 12.0 Å². The zero-order valence-corrected chi connectivity index (χ0v) is 6.22. The molecule has 0 saturated heterocycles. The number of aromatic nitrogens is 2. The predicted octanol–water partition coefficient (Wildman–Crippen LogP) is -0.573. The van der Waals surface area contributed by atoms with Gasteiger partial charge in [0, 0.05) is 7.05 Å². The monoisotopic (exact) mass is 170 g/mol. The molecule has 0 unspecified atom stereocenters. The van der Waals surface area contributed by atoms with E-state index in [0.29, 0.717) is 0 Å². The number of nitrogens with two attached hydrogens (primary N) is 1. The van der Waals surface area contributed by atoms with Crippen molar-refractivity contribution in [2.45, 2.75) is 0 Å². The number of carbonyl (C=O) groups excluding carboxylic acids is 1. The van der Waals surface area contributed by atoms with Gasteiger partial charge in [-0.1, -0.05) is 0 Å². The van der Waals surface area contributed by atoms with Crippen molar-refractivity contribution in [1.82, 2.24) is 9.55 Å². The first-order valence-electron chi connectivity index (χ1n) is 2.99. The zero-order chi connectivity index (χ0) is 9.30. The molecule has 64 valence electrons. The summed E-state index contributed by atoms with van der Waals surface area (Å²) in [5.41, 5.74) is 4.70. The van der Waals surface area contributed by atoms with Gasteiger partial charge in [-0.25, -0.2) is 0 Å². The van der Waals surface area contributed by atoms with Crippen LogP contribution in [0.3, 0.4) is 0 Å². The minimum atomic E-state index is -0.860. The maximum Gasteiger partial charge on any atom is 0.394 e. The molecule has 0 aliphatic carbocycles. The van der Waals surface area contributed by atoms with E-state index < -0.39 is 16.6 Å². The summed E-state index contributed by atoms with van der Waals surface area (Å²) in [6.45, 7) is 0. The molecule has 2 N–H and O–H groups in total. The summed E-state index contributed by atoms with van der Waals surface area (Å²) >= 11 is 0. The Hall–Kier alpha value is -1.92. The summed E-state index contributed by atoms with van der Waals surface area (Å²) in [6.07, 6.45) is 1.16. The van der Waals surface area contributed by atoms with Gasteiger partial charge in [0.1, 0.15) is 0 Å². The molecule has 0 aliphatic heterocycles. The number of nitro groups is 1. The molecule has 1 amide bonds. The lowest BCUT2D eigenvalue weighted by Crippen LogP contribution is -2.16. The second-order valence-electron chi connectivity index (χ2n) is 2.15. The third kappa shape index (κ3) is 1.11. The molecule has 0 aromatic carbocycles. The molecule has 0 bridgehead atoms. The normalized spacial score (nSPS) is 9.75. The number of rotatable bonds is 2. The third-order valence-electron chi connectivity index (χ3n) is 1.32. The number of amides is 1. The molecule has 1 heterocycles. The first kappa shape index (κ1) is 8.18. The van der Waals surface area contributed by atoms with Crippen LogP contribution >= 0.6 is 0 Å². The van der Waals surface area contributed by atoms with Crippen LogP contribution in [0.2, 0.25) is 0 Å². The van der Waals surface area contributed by atoms with Crippen LogP contribution in [0, 0.1) is 10.1 Å². The molecule has 0 atom stereocenters. The van der Waals surface area contributed by atoms with Gasteiger partial charge in [0.25, 0.3) is 5.91 Å².